The van der Waals surface area contributed by atoms with Crippen molar-refractivity contribution in [3.8, 4) is 23.1 Å². The van der Waals surface area contributed by atoms with Gasteiger partial charge in [0, 0.05) is 35.5 Å². The molecule has 1 aromatic carbocycles. The van der Waals surface area contributed by atoms with Crippen LogP contribution >= 0.6 is 0 Å². The molecule has 2 aromatic heterocycles. The minimum atomic E-state index is -1.19. The van der Waals surface area contributed by atoms with Gasteiger partial charge < -0.3 is 20.9 Å². The van der Waals surface area contributed by atoms with Crippen molar-refractivity contribution >= 4 is 34.1 Å². The van der Waals surface area contributed by atoms with E-state index in [1.165, 1.54) is 6.20 Å². The molecule has 0 unspecified atom stereocenters. The number of nitrogens with two attached hydrogens (primary N) is 1. The Balaban J connectivity index is 1.65. The second kappa shape index (κ2) is 8.33. The third-order valence-electron chi connectivity index (χ3n) is 6.65. The molecule has 2 atom stereocenters. The number of amides is 1. The minimum absolute atomic E-state index is 0.0782. The van der Waals surface area contributed by atoms with Gasteiger partial charge in [-0.05, 0) is 49.3 Å². The number of carboxylic acid groups (broad SMARTS) is 1. The summed E-state index contributed by atoms with van der Waals surface area (Å²) in [6.45, 7) is 2.97. The number of pyridine rings is 2. The molecule has 0 saturated heterocycles. The van der Waals surface area contributed by atoms with Crippen molar-refractivity contribution in [2.45, 2.75) is 32.2 Å². The van der Waals surface area contributed by atoms with E-state index in [0.29, 0.717) is 53.9 Å². The van der Waals surface area contributed by atoms with Gasteiger partial charge in [0.15, 0.2) is 5.82 Å². The second-order valence-corrected chi connectivity index (χ2v) is 8.55. The first-order chi connectivity index (χ1) is 16.4. The molecule has 1 saturated carbocycles. The van der Waals surface area contributed by atoms with Gasteiger partial charge in [-0.2, -0.15) is 5.26 Å². The van der Waals surface area contributed by atoms with Gasteiger partial charge in [0.25, 0.3) is 0 Å². The third-order valence-corrected chi connectivity index (χ3v) is 6.65. The maximum atomic E-state index is 15.4. The van der Waals surface area contributed by atoms with Crippen LogP contribution in [0.4, 0.5) is 26.4 Å². The van der Waals surface area contributed by atoms with Crippen molar-refractivity contribution < 1.29 is 19.0 Å². The average Bonchev–Trinajstić information content (AvgIpc) is 3.30. The number of aromatic nitrogens is 2. The van der Waals surface area contributed by atoms with Crippen molar-refractivity contribution in [2.75, 3.05) is 29.1 Å². The van der Waals surface area contributed by atoms with E-state index in [-0.39, 0.29) is 17.1 Å². The van der Waals surface area contributed by atoms with Gasteiger partial charge in [-0.3, -0.25) is 4.90 Å². The number of rotatable bonds is 3. The number of nitriles is 1. The lowest BCUT2D eigenvalue weighted by molar-refractivity contribution is 0.197. The van der Waals surface area contributed by atoms with E-state index in [2.05, 4.69) is 21.4 Å². The lowest BCUT2D eigenvalue weighted by Gasteiger charge is -2.27. The SMILES string of the molecule is Cc1c(-c2cc3cc(N(C(=O)O)[C@H]4CCC[C@@H]4C#N)ncc3c(N)c2F)cnc2c1NCCO2. The summed E-state index contributed by atoms with van der Waals surface area (Å²) in [6, 6.07) is 4.93. The highest BCUT2D eigenvalue weighted by Gasteiger charge is 2.36. The Labute approximate surface area is 195 Å². The van der Waals surface area contributed by atoms with Gasteiger partial charge in [0.05, 0.1) is 23.7 Å². The average molecular weight is 462 g/mol. The normalized spacial score (nSPS) is 19.1. The highest BCUT2D eigenvalue weighted by molar-refractivity contribution is 5.99. The van der Waals surface area contributed by atoms with E-state index < -0.39 is 23.9 Å². The predicted molar refractivity (Wildman–Crippen MR) is 125 cm³/mol. The molecule has 0 bridgehead atoms. The van der Waals surface area contributed by atoms with Gasteiger partial charge in [-0.15, -0.1) is 0 Å². The number of carbonyl (C=O) groups is 1. The van der Waals surface area contributed by atoms with Gasteiger partial charge in [0.2, 0.25) is 5.88 Å². The molecule has 3 heterocycles. The maximum Gasteiger partial charge on any atom is 0.413 e. The Morgan fingerprint density at radius 3 is 2.91 bits per heavy atom. The molecule has 10 heteroatoms. The Kier molecular flexibility index (Phi) is 5.32. The predicted octanol–water partition coefficient (Wildman–Crippen LogP) is 4.31. The van der Waals surface area contributed by atoms with Gasteiger partial charge in [-0.1, -0.05) is 0 Å². The highest BCUT2D eigenvalue weighted by Crippen LogP contribution is 2.40. The van der Waals surface area contributed by atoms with Crippen molar-refractivity contribution in [1.82, 2.24) is 9.97 Å². The number of halogens is 1. The number of benzene rings is 1. The number of anilines is 3. The van der Waals surface area contributed by atoms with E-state index in [1.807, 2.05) is 6.92 Å². The first-order valence-corrected chi connectivity index (χ1v) is 11.1. The van der Waals surface area contributed by atoms with Crippen LogP contribution in [0.1, 0.15) is 24.8 Å². The van der Waals surface area contributed by atoms with E-state index in [9.17, 15) is 15.2 Å². The Morgan fingerprint density at radius 1 is 1.32 bits per heavy atom. The van der Waals surface area contributed by atoms with Crippen molar-refractivity contribution in [2.24, 2.45) is 5.92 Å². The number of nitrogen functional groups attached to an aromatic ring is 1. The van der Waals surface area contributed by atoms with Gasteiger partial charge in [-0.25, -0.2) is 19.2 Å². The molecule has 0 radical (unpaired) electrons. The van der Waals surface area contributed by atoms with Crippen molar-refractivity contribution in [1.29, 1.82) is 5.26 Å². The first kappa shape index (κ1) is 21.7. The third kappa shape index (κ3) is 3.41. The van der Waals surface area contributed by atoms with Crippen molar-refractivity contribution in [3.63, 3.8) is 0 Å². The molecule has 5 rings (SSSR count). The summed E-state index contributed by atoms with van der Waals surface area (Å²) >= 11 is 0. The fourth-order valence-corrected chi connectivity index (χ4v) is 4.92. The standard InChI is InChI=1S/C24H23FN6O3/c1-12-16(10-30-23-22(12)28-5-6-34-23)15-7-14-8-19(29-11-17(14)21(27)20(15)25)31(24(32)33)18-4-2-3-13(18)9-26/h7-8,10-11,13,18,28H,2-6,27H2,1H3,(H,32,33)/t13-,18+/m1/s1. The summed E-state index contributed by atoms with van der Waals surface area (Å²) < 4.78 is 21.0. The summed E-state index contributed by atoms with van der Waals surface area (Å²) in [6.07, 6.45) is 3.73. The summed E-state index contributed by atoms with van der Waals surface area (Å²) in [7, 11) is 0. The largest absolute Gasteiger partial charge is 0.474 e. The van der Waals surface area contributed by atoms with Crippen LogP contribution in [0.5, 0.6) is 5.88 Å². The molecule has 1 aliphatic carbocycles. The fraction of sp³-hybridized carbons (Fsp3) is 0.333. The number of hydrogen-bond acceptors (Lipinski definition) is 7. The van der Waals surface area contributed by atoms with E-state index in [4.69, 9.17) is 10.5 Å². The topological polar surface area (TPSA) is 137 Å². The zero-order chi connectivity index (χ0) is 24.0. The molecule has 3 aromatic rings. The van der Waals surface area contributed by atoms with Gasteiger partial charge >= 0.3 is 6.09 Å². The minimum Gasteiger partial charge on any atom is -0.474 e. The van der Waals surface area contributed by atoms with Crippen LogP contribution in [0.2, 0.25) is 0 Å². The lowest BCUT2D eigenvalue weighted by Crippen LogP contribution is -2.42. The summed E-state index contributed by atoms with van der Waals surface area (Å²) in [5, 5.41) is 23.5. The van der Waals surface area contributed by atoms with E-state index in [0.717, 1.165) is 16.9 Å². The molecule has 1 fully saturated rings. The quantitative estimate of drug-likeness (QED) is 0.490. The number of ether oxygens (including phenoxy) is 1. The second-order valence-electron chi connectivity index (χ2n) is 8.55. The molecular formula is C24H23FN6O3. The van der Waals surface area contributed by atoms with E-state index in [1.54, 1.807) is 18.3 Å². The number of fused-ring (bicyclic) bond motifs is 2. The number of nitrogens with zero attached hydrogens (tertiary/aromatic N) is 4. The van der Waals surface area contributed by atoms with Crippen LogP contribution in [-0.4, -0.2) is 40.4 Å². The first-order valence-electron chi connectivity index (χ1n) is 11.1. The Hall–Kier alpha value is -4.13. The van der Waals surface area contributed by atoms with Crippen molar-refractivity contribution in [3.05, 3.63) is 35.9 Å². The molecule has 1 amide bonds. The van der Waals surface area contributed by atoms with E-state index >= 15 is 4.39 Å². The van der Waals surface area contributed by atoms with Crippen LogP contribution < -0.4 is 20.7 Å². The molecule has 2 aliphatic rings. The number of hydrogen-bond donors (Lipinski definition) is 3. The maximum absolute atomic E-state index is 15.4. The Morgan fingerprint density at radius 2 is 2.15 bits per heavy atom. The zero-order valence-electron chi connectivity index (χ0n) is 18.5. The summed E-state index contributed by atoms with van der Waals surface area (Å²) in [5.74, 6) is -0.353. The molecule has 34 heavy (non-hydrogen) atoms. The monoisotopic (exact) mass is 462 g/mol. The smallest absolute Gasteiger partial charge is 0.413 e. The zero-order valence-corrected chi connectivity index (χ0v) is 18.5. The fourth-order valence-electron chi connectivity index (χ4n) is 4.92. The lowest BCUT2D eigenvalue weighted by atomic mass is 9.97. The Bertz CT molecular complexity index is 1360. The highest BCUT2D eigenvalue weighted by atomic mass is 19.1. The van der Waals surface area contributed by atoms with Crippen LogP contribution in [0.15, 0.2) is 24.5 Å². The van der Waals surface area contributed by atoms with Gasteiger partial charge in [0.1, 0.15) is 18.1 Å². The number of nitrogens with one attached hydrogen (secondary N) is 1. The molecule has 0 spiro atoms. The van der Waals surface area contributed by atoms with Crippen LogP contribution in [-0.2, 0) is 0 Å². The molecule has 4 N–H and O–H groups in total. The van der Waals surface area contributed by atoms with Crippen LogP contribution in [0.25, 0.3) is 21.9 Å². The van der Waals surface area contributed by atoms with Crippen LogP contribution in [0.3, 0.4) is 0 Å². The molecule has 9 nitrogen and oxygen atoms in total. The molecular weight excluding hydrogens is 439 g/mol. The molecule has 174 valence electrons. The van der Waals surface area contributed by atoms with Crippen LogP contribution in [0, 0.1) is 30.0 Å². The summed E-state index contributed by atoms with van der Waals surface area (Å²) in [4.78, 5) is 21.9. The summed E-state index contributed by atoms with van der Waals surface area (Å²) in [5.41, 5.74) is 8.35. The molecule has 1 aliphatic heterocycles.